The number of hydrogen-bond donors (Lipinski definition) is 11. The third kappa shape index (κ3) is 31.3. The third-order valence-corrected chi connectivity index (χ3v) is 13.3. The molecule has 0 aliphatic carbocycles. The number of hydrogen-bond acceptors (Lipinski definition) is 18. The Hall–Kier alpha value is -10.7. The highest BCUT2D eigenvalue weighted by Gasteiger charge is 2.34. The van der Waals surface area contributed by atoms with Gasteiger partial charge >= 0.3 is 41.8 Å². The molecular weight excluding hydrogens is 1230 g/mol. The van der Waals surface area contributed by atoms with Crippen molar-refractivity contribution in [2.45, 2.75) is 160 Å². The molecule has 29 nitrogen and oxygen atoms in total. The van der Waals surface area contributed by atoms with Crippen LogP contribution in [0.25, 0.3) is 0 Å². The van der Waals surface area contributed by atoms with Gasteiger partial charge in [0.05, 0.1) is 19.3 Å². The second kappa shape index (κ2) is 42.3. The molecule has 0 spiro atoms. The van der Waals surface area contributed by atoms with Crippen molar-refractivity contribution in [3.05, 3.63) is 131 Å². The molecule has 0 fully saturated rings. The summed E-state index contributed by atoms with van der Waals surface area (Å²) >= 11 is 0. The number of Topliss-reactive ketones (excluding diaryl/α,β-unsaturated/α-hetero) is 1. The Kier molecular flexibility index (Phi) is 34.9. The number of carboxylic acid groups (broad SMARTS) is 5. The summed E-state index contributed by atoms with van der Waals surface area (Å²) in [7, 11) is 0. The summed E-state index contributed by atoms with van der Waals surface area (Å²) in [5.41, 5.74) is 2.41. The number of amides is 6. The molecule has 0 heterocycles. The lowest BCUT2D eigenvalue weighted by Gasteiger charge is -2.23. The number of ketones is 1. The smallest absolute Gasteiger partial charge is 0.359 e. The Morgan fingerprint density at radius 1 is 0.394 bits per heavy atom. The van der Waals surface area contributed by atoms with Crippen LogP contribution in [0.1, 0.15) is 120 Å². The number of rotatable bonds is 42. The molecule has 4 atom stereocenters. The van der Waals surface area contributed by atoms with Crippen molar-refractivity contribution < 1.29 is 112 Å². The van der Waals surface area contributed by atoms with E-state index in [1.165, 1.54) is 43.3 Å². The number of aliphatic carboxylic acids is 5. The van der Waals surface area contributed by atoms with E-state index in [0.29, 0.717) is 48.2 Å². The first-order valence-electron chi connectivity index (χ1n) is 30.1. The van der Waals surface area contributed by atoms with Crippen molar-refractivity contribution in [3.63, 3.8) is 0 Å². The highest BCUT2D eigenvalue weighted by molar-refractivity contribution is 5.99. The van der Waals surface area contributed by atoms with Gasteiger partial charge in [0.2, 0.25) is 35.4 Å². The molecular formula is C65H80N6O23. The van der Waals surface area contributed by atoms with Gasteiger partial charge in [-0.25, -0.2) is 19.2 Å². The minimum atomic E-state index is -2.14. The van der Waals surface area contributed by atoms with Crippen LogP contribution in [0, 0.1) is 0 Å². The summed E-state index contributed by atoms with van der Waals surface area (Å²) < 4.78 is 21.5. The van der Waals surface area contributed by atoms with Crippen LogP contribution in [-0.2, 0) is 103 Å². The highest BCUT2D eigenvalue weighted by Crippen LogP contribution is 2.20. The van der Waals surface area contributed by atoms with E-state index in [9.17, 15) is 72.2 Å². The molecule has 11 N–H and O–H groups in total. The van der Waals surface area contributed by atoms with Crippen molar-refractivity contribution in [1.29, 1.82) is 0 Å². The molecule has 0 saturated heterocycles. The van der Waals surface area contributed by atoms with Crippen LogP contribution in [0.3, 0.4) is 0 Å². The van der Waals surface area contributed by atoms with Crippen LogP contribution >= 0.6 is 0 Å². The Morgan fingerprint density at radius 3 is 1.11 bits per heavy atom. The summed E-state index contributed by atoms with van der Waals surface area (Å²) in [6, 6.07) is 24.1. The molecule has 508 valence electrons. The molecule has 0 aromatic heterocycles. The van der Waals surface area contributed by atoms with Crippen LogP contribution in [0.5, 0.6) is 11.5 Å². The van der Waals surface area contributed by atoms with Gasteiger partial charge in [-0.3, -0.25) is 47.9 Å². The van der Waals surface area contributed by atoms with E-state index in [-0.39, 0.29) is 44.0 Å². The van der Waals surface area contributed by atoms with Crippen LogP contribution in [0.2, 0.25) is 0 Å². The van der Waals surface area contributed by atoms with E-state index in [2.05, 4.69) is 31.9 Å². The van der Waals surface area contributed by atoms with Gasteiger partial charge in [-0.05, 0) is 66.3 Å². The average Bonchev–Trinajstić information content (AvgIpc) is 0.937. The third-order valence-electron chi connectivity index (χ3n) is 13.3. The van der Waals surface area contributed by atoms with Gasteiger partial charge in [-0.2, -0.15) is 0 Å². The van der Waals surface area contributed by atoms with Crippen LogP contribution in [-0.4, -0.2) is 158 Å². The zero-order valence-corrected chi connectivity index (χ0v) is 52.2. The first kappa shape index (κ1) is 77.5. The number of benzene rings is 4. The van der Waals surface area contributed by atoms with Crippen molar-refractivity contribution in [1.82, 2.24) is 31.9 Å². The van der Waals surface area contributed by atoms with E-state index in [1.54, 1.807) is 60.7 Å². The number of esters is 2. The van der Waals surface area contributed by atoms with Crippen LogP contribution < -0.4 is 41.4 Å². The average molecular weight is 1310 g/mol. The molecule has 0 bridgehead atoms. The van der Waals surface area contributed by atoms with Crippen molar-refractivity contribution >= 4 is 83.0 Å². The Bertz CT molecular complexity index is 3110. The summed E-state index contributed by atoms with van der Waals surface area (Å²) in [5, 5.41) is 59.8. The predicted molar refractivity (Wildman–Crippen MR) is 331 cm³/mol. The zero-order valence-electron chi connectivity index (χ0n) is 52.2. The van der Waals surface area contributed by atoms with E-state index >= 15 is 0 Å². The number of carboxylic acids is 5. The molecule has 4 aromatic rings. The van der Waals surface area contributed by atoms with Gasteiger partial charge < -0.3 is 76.4 Å². The maximum Gasteiger partial charge on any atom is 0.359 e. The summed E-state index contributed by atoms with van der Waals surface area (Å²) in [4.78, 5) is 170. The van der Waals surface area contributed by atoms with Crippen molar-refractivity contribution in [2.24, 2.45) is 0 Å². The number of nitrogens with one attached hydrogen (secondary N) is 6. The topological polar surface area (TPSA) is 449 Å². The van der Waals surface area contributed by atoms with Crippen molar-refractivity contribution in [2.75, 3.05) is 13.1 Å². The number of carbonyl (C=O) groups excluding carboxylic acids is 9. The molecule has 29 heteroatoms. The fraction of sp³-hybridized carbons (Fsp3) is 0.415. The monoisotopic (exact) mass is 1310 g/mol. The molecule has 0 unspecified atom stereocenters. The van der Waals surface area contributed by atoms with Crippen LogP contribution in [0.15, 0.2) is 109 Å². The van der Waals surface area contributed by atoms with Gasteiger partial charge in [0.1, 0.15) is 54.7 Å². The van der Waals surface area contributed by atoms with E-state index < -0.39 is 151 Å². The number of ether oxygens (including phenoxy) is 4. The quantitative estimate of drug-likeness (QED) is 0.0172. The molecule has 6 amide bonds. The van der Waals surface area contributed by atoms with Gasteiger partial charge in [0, 0.05) is 45.2 Å². The second-order valence-corrected chi connectivity index (χ2v) is 21.2. The minimum absolute atomic E-state index is 0.0208. The fourth-order valence-electron chi connectivity index (χ4n) is 8.40. The molecule has 0 aliphatic heterocycles. The van der Waals surface area contributed by atoms with Gasteiger partial charge in [0.15, 0.2) is 0 Å². The maximum atomic E-state index is 13.3. The van der Waals surface area contributed by atoms with E-state index in [0.717, 1.165) is 25.7 Å². The fourth-order valence-corrected chi connectivity index (χ4v) is 8.40. The predicted octanol–water partition coefficient (Wildman–Crippen LogP) is 3.34. The molecule has 4 aromatic carbocycles. The molecule has 4 rings (SSSR count). The second-order valence-electron chi connectivity index (χ2n) is 21.2. The summed E-state index contributed by atoms with van der Waals surface area (Å²) in [5.74, 6) is -14.0. The van der Waals surface area contributed by atoms with Gasteiger partial charge in [-0.15, -0.1) is 0 Å². The maximum absolute atomic E-state index is 13.3. The minimum Gasteiger partial charge on any atom is -0.481 e. The van der Waals surface area contributed by atoms with E-state index in [4.69, 9.17) is 39.4 Å². The number of carbonyl (C=O) groups is 14. The summed E-state index contributed by atoms with van der Waals surface area (Å²) in [6.45, 7) is 5.69. The molecule has 94 heavy (non-hydrogen) atoms. The lowest BCUT2D eigenvalue weighted by Crippen LogP contribution is -2.55. The normalized spacial score (nSPS) is 11.9. The Morgan fingerprint density at radius 2 is 0.766 bits per heavy atom. The lowest BCUT2D eigenvalue weighted by molar-refractivity contribution is -0.168. The van der Waals surface area contributed by atoms with Gasteiger partial charge in [-0.1, -0.05) is 124 Å². The first-order valence-corrected chi connectivity index (χ1v) is 30.1. The molecule has 0 radical (unpaired) electrons. The Labute approximate surface area is 541 Å². The number of unbranched alkanes of at least 4 members (excludes halogenated alkanes) is 4. The Balaban J connectivity index is 0.000000514. The molecule has 0 saturated carbocycles. The van der Waals surface area contributed by atoms with Crippen LogP contribution in [0.4, 0.5) is 0 Å². The summed E-state index contributed by atoms with van der Waals surface area (Å²) in [6.07, 6.45) is -2.18. The van der Waals surface area contributed by atoms with E-state index in [1.807, 2.05) is 26.0 Å². The molecule has 0 aliphatic rings. The SMILES string of the molecule is CCCCCNC(=O)[C@H](Cc1ccc(OC(C(=O)O)C(=O)O)cc1)NC(=O)[C@H](CC(=O)O)NC(=O)CCC(=O)O.CCCCCNC(=O)[C@H](Cc1ccc(OC(C(=O)OCc2ccccc2)C(=O)OCc2ccccc2)cc1)NC(=O)[C@H](CC(C)=O)NC(=O)CCC(=O)O. The lowest BCUT2D eigenvalue weighted by atomic mass is 10.0. The highest BCUT2D eigenvalue weighted by atomic mass is 16.6. The zero-order chi connectivity index (χ0) is 69.5. The standard InChI is InChI=1S/C40H47N3O11.C25H33N3O12/c1-3-4-11-22-41-37(48)33(43-38(49)32(23-27(2)44)42-34(45)20-21-35(46)47)24-28-16-18-31(19-17-28)54-36(39(50)52-25-29-12-7-5-8-13-29)40(51)53-26-30-14-9-6-10-15-30;1-2-3-4-11-26-22(34)16(12-14-5-7-15(8-6-14)40-21(24(36)37)25(38)39)28-23(35)17(13-20(32)33)27-18(29)9-10-19(30)31/h5-10,12-19,32-33,36H,3-4,11,20-26H2,1-2H3,(H,41,48)(H,42,45)(H,43,49)(H,46,47);5-8,16-17,21H,2-4,9-13H2,1H3,(H,26,34)(H,27,29)(H,28,35)(H,30,31)(H,32,33)(H,36,37)(H,38,39)/t32-,33-;16-,17-/m00/s1. The van der Waals surface area contributed by atoms with Gasteiger partial charge in [0.25, 0.3) is 12.2 Å². The van der Waals surface area contributed by atoms with Crippen molar-refractivity contribution in [3.8, 4) is 11.5 Å². The largest absolute Gasteiger partial charge is 0.481 e. The first-order chi connectivity index (χ1) is 44.8.